The van der Waals surface area contributed by atoms with Crippen molar-refractivity contribution in [3.05, 3.63) is 60.4 Å². The molecule has 0 fully saturated rings. The third kappa shape index (κ3) is 5.82. The normalized spacial score (nSPS) is 11.5. The molecule has 0 aliphatic rings. The van der Waals surface area contributed by atoms with Gasteiger partial charge in [-0.25, -0.2) is 24.1 Å². The highest BCUT2D eigenvalue weighted by atomic mass is 16.6. The summed E-state index contributed by atoms with van der Waals surface area (Å²) in [5.41, 5.74) is 2.35. The Labute approximate surface area is 229 Å². The number of esters is 1. The van der Waals surface area contributed by atoms with Crippen molar-refractivity contribution in [3.8, 4) is 11.4 Å². The summed E-state index contributed by atoms with van der Waals surface area (Å²) >= 11 is 0. The summed E-state index contributed by atoms with van der Waals surface area (Å²) in [6.07, 6.45) is 6.08. The minimum atomic E-state index is -0.701. The first-order valence-corrected chi connectivity index (χ1v) is 12.4. The number of nitrogens with one attached hydrogen (secondary N) is 1. The lowest BCUT2D eigenvalue weighted by molar-refractivity contribution is -0.141. The fraction of sp³-hybridized carbons (Fsp3) is 0.296. The van der Waals surface area contributed by atoms with Crippen LogP contribution in [0.5, 0.6) is 5.75 Å². The Balaban J connectivity index is 1.53. The maximum atomic E-state index is 12.6. The van der Waals surface area contributed by atoms with Gasteiger partial charge in [0.1, 0.15) is 24.4 Å². The van der Waals surface area contributed by atoms with Gasteiger partial charge in [0.2, 0.25) is 0 Å². The summed E-state index contributed by atoms with van der Waals surface area (Å²) in [5, 5.41) is 12.8. The highest BCUT2D eigenvalue weighted by Gasteiger charge is 2.20. The van der Waals surface area contributed by atoms with Crippen molar-refractivity contribution in [3.63, 3.8) is 0 Å². The van der Waals surface area contributed by atoms with Gasteiger partial charge in [0, 0.05) is 35.1 Å². The summed E-state index contributed by atoms with van der Waals surface area (Å²) in [4.78, 5) is 38.2. The summed E-state index contributed by atoms with van der Waals surface area (Å²) in [6, 6.07) is 7.21. The Morgan fingerprint density at radius 2 is 1.88 bits per heavy atom. The number of nitrogens with zero attached hydrogens (tertiary/aromatic N) is 7. The Hall–Kier alpha value is -5.07. The molecule has 0 atom stereocenters. The van der Waals surface area contributed by atoms with Crippen LogP contribution in [0.15, 0.2) is 49.1 Å². The number of hydrogen-bond acceptors (Lipinski definition) is 10. The number of aromatic nitrogens is 7. The number of pyridine rings is 3. The molecule has 206 valence electrons. The molecule has 1 N–H and O–H groups in total. The van der Waals surface area contributed by atoms with Crippen molar-refractivity contribution in [1.82, 2.24) is 34.5 Å². The van der Waals surface area contributed by atoms with Gasteiger partial charge in [0.15, 0.2) is 17.2 Å². The Bertz CT molecular complexity index is 1710. The topological polar surface area (TPSA) is 148 Å². The lowest BCUT2D eigenvalue weighted by Gasteiger charge is -2.20. The van der Waals surface area contributed by atoms with Crippen LogP contribution in [-0.2, 0) is 27.4 Å². The van der Waals surface area contributed by atoms with Crippen molar-refractivity contribution in [1.29, 1.82) is 0 Å². The molecule has 40 heavy (non-hydrogen) atoms. The minimum Gasteiger partial charge on any atom is -0.483 e. The molecule has 0 aromatic carbocycles. The van der Waals surface area contributed by atoms with Gasteiger partial charge in [-0.1, -0.05) is 0 Å². The molecule has 1 amide bonds. The average molecular weight is 545 g/mol. The molecular weight excluding hydrogens is 516 g/mol. The fourth-order valence-electron chi connectivity index (χ4n) is 3.95. The van der Waals surface area contributed by atoms with Crippen LogP contribution in [0.4, 0.5) is 10.6 Å². The molecule has 13 nitrogen and oxygen atoms in total. The van der Waals surface area contributed by atoms with E-state index in [2.05, 4.69) is 25.5 Å². The molecule has 0 aliphatic heterocycles. The number of anilines is 1. The number of rotatable bonds is 7. The molecule has 0 radical (unpaired) electrons. The van der Waals surface area contributed by atoms with Crippen LogP contribution in [-0.4, -0.2) is 59.3 Å². The molecule has 0 spiro atoms. The quantitative estimate of drug-likeness (QED) is 0.298. The van der Waals surface area contributed by atoms with Crippen LogP contribution in [0.3, 0.4) is 0 Å². The second-order valence-electron chi connectivity index (χ2n) is 9.97. The standard InChI is InChI=1S/C27H28N8O5/c1-16-9-19-17(12-28-16)11-22(24(31-19)33-26(37)40-27(2,3)4)39-15-20-21(34-8-6-7-29-34)10-18-13-30-35(25(18)32-20)14-23(36)38-5/h6-13H,14-15H2,1-5H3,(H,31,33,37). The van der Waals surface area contributed by atoms with E-state index in [4.69, 9.17) is 19.2 Å². The van der Waals surface area contributed by atoms with E-state index < -0.39 is 17.7 Å². The number of carbonyl (C=O) groups excluding carboxylic acids is 2. The zero-order valence-corrected chi connectivity index (χ0v) is 22.7. The number of hydrogen-bond donors (Lipinski definition) is 1. The zero-order valence-electron chi connectivity index (χ0n) is 22.7. The summed E-state index contributed by atoms with van der Waals surface area (Å²) in [7, 11) is 1.31. The van der Waals surface area contributed by atoms with E-state index in [0.29, 0.717) is 33.7 Å². The smallest absolute Gasteiger partial charge is 0.413 e. The monoisotopic (exact) mass is 544 g/mol. The number of fused-ring (bicyclic) bond motifs is 2. The molecule has 5 aromatic heterocycles. The van der Waals surface area contributed by atoms with Crippen LogP contribution in [0.1, 0.15) is 32.2 Å². The third-order valence-corrected chi connectivity index (χ3v) is 5.71. The van der Waals surface area contributed by atoms with Crippen LogP contribution < -0.4 is 10.1 Å². The number of aryl methyl sites for hydroxylation is 1. The number of ether oxygens (including phenoxy) is 3. The van der Waals surface area contributed by atoms with E-state index in [1.807, 2.05) is 19.1 Å². The highest BCUT2D eigenvalue weighted by Crippen LogP contribution is 2.30. The molecule has 0 saturated carbocycles. The lowest BCUT2D eigenvalue weighted by atomic mass is 10.2. The van der Waals surface area contributed by atoms with Crippen LogP contribution in [0.25, 0.3) is 27.6 Å². The van der Waals surface area contributed by atoms with E-state index in [0.717, 1.165) is 11.1 Å². The van der Waals surface area contributed by atoms with Crippen molar-refractivity contribution in [2.24, 2.45) is 0 Å². The number of amides is 1. The fourth-order valence-corrected chi connectivity index (χ4v) is 3.95. The SMILES string of the molecule is COC(=O)Cn1ncc2cc(-n3cccn3)c(COc3cc4cnc(C)cc4nc3NC(=O)OC(C)(C)C)nc21. The van der Waals surface area contributed by atoms with Gasteiger partial charge in [0.25, 0.3) is 0 Å². The highest BCUT2D eigenvalue weighted by molar-refractivity contribution is 5.90. The first kappa shape index (κ1) is 26.5. The summed E-state index contributed by atoms with van der Waals surface area (Å²) < 4.78 is 19.5. The molecule has 5 rings (SSSR count). The van der Waals surface area contributed by atoms with Crippen molar-refractivity contribution < 1.29 is 23.8 Å². The lowest BCUT2D eigenvalue weighted by Crippen LogP contribution is -2.27. The maximum absolute atomic E-state index is 12.6. The summed E-state index contributed by atoms with van der Waals surface area (Å²) in [6.45, 7) is 7.06. The second-order valence-corrected chi connectivity index (χ2v) is 9.97. The third-order valence-electron chi connectivity index (χ3n) is 5.71. The number of methoxy groups -OCH3 is 1. The van der Waals surface area contributed by atoms with Gasteiger partial charge in [-0.3, -0.25) is 15.1 Å². The second kappa shape index (κ2) is 10.6. The van der Waals surface area contributed by atoms with Gasteiger partial charge in [0.05, 0.1) is 24.5 Å². The zero-order chi connectivity index (χ0) is 28.4. The first-order chi connectivity index (χ1) is 19.1. The predicted octanol–water partition coefficient (Wildman–Crippen LogP) is 3.97. The van der Waals surface area contributed by atoms with E-state index >= 15 is 0 Å². The maximum Gasteiger partial charge on any atom is 0.413 e. The van der Waals surface area contributed by atoms with Gasteiger partial charge >= 0.3 is 12.1 Å². The van der Waals surface area contributed by atoms with E-state index in [1.165, 1.54) is 11.8 Å². The van der Waals surface area contributed by atoms with Gasteiger partial charge < -0.3 is 14.2 Å². The predicted molar refractivity (Wildman–Crippen MR) is 145 cm³/mol. The Morgan fingerprint density at radius 1 is 1.05 bits per heavy atom. The Kier molecular flexibility index (Phi) is 7.03. The van der Waals surface area contributed by atoms with Crippen LogP contribution in [0.2, 0.25) is 0 Å². The van der Waals surface area contributed by atoms with Gasteiger partial charge in [-0.15, -0.1) is 0 Å². The van der Waals surface area contributed by atoms with E-state index in [9.17, 15) is 9.59 Å². The van der Waals surface area contributed by atoms with Crippen molar-refractivity contribution in [2.75, 3.05) is 12.4 Å². The van der Waals surface area contributed by atoms with Crippen molar-refractivity contribution >= 4 is 39.8 Å². The van der Waals surface area contributed by atoms with Gasteiger partial charge in [-0.2, -0.15) is 10.2 Å². The molecule has 0 saturated heterocycles. The van der Waals surface area contributed by atoms with Crippen LogP contribution in [0, 0.1) is 6.92 Å². The molecule has 5 aromatic rings. The van der Waals surface area contributed by atoms with E-state index in [-0.39, 0.29) is 19.0 Å². The van der Waals surface area contributed by atoms with E-state index in [1.54, 1.807) is 62.4 Å². The molecule has 0 bridgehead atoms. The largest absolute Gasteiger partial charge is 0.483 e. The molecule has 5 heterocycles. The number of carbonyl (C=O) groups is 2. The van der Waals surface area contributed by atoms with Gasteiger partial charge in [-0.05, 0) is 52.0 Å². The summed E-state index contributed by atoms with van der Waals surface area (Å²) in [5.74, 6) is 0.0230. The first-order valence-electron chi connectivity index (χ1n) is 12.4. The molecule has 0 unspecified atom stereocenters. The molecule has 13 heteroatoms. The van der Waals surface area contributed by atoms with Crippen molar-refractivity contribution in [2.45, 2.75) is 46.4 Å². The molecular formula is C27H28N8O5. The average Bonchev–Trinajstić information content (AvgIpc) is 3.56. The minimum absolute atomic E-state index is 0.0238. The Morgan fingerprint density at radius 3 is 2.60 bits per heavy atom. The molecule has 0 aliphatic carbocycles. The van der Waals surface area contributed by atoms with Crippen LogP contribution >= 0.6 is 0 Å².